The third kappa shape index (κ3) is 5.31. The van der Waals surface area contributed by atoms with Gasteiger partial charge in [0.2, 0.25) is 15.9 Å². The Bertz CT molecular complexity index is 967. The van der Waals surface area contributed by atoms with E-state index in [1.807, 2.05) is 31.2 Å². The molecule has 2 aromatic rings. The standard InChI is InChI=1S/C22H27N3O3S/c1-3-18-8-10-19(11-9-18)15-23-24-22(26)20-5-4-14-25(16-20)29(27,28)21-12-6-17(2)7-13-21/h6-13,15,20H,3-5,14,16H2,1-2H3,(H,24,26)/b23-15-/t20-/m0/s1. The lowest BCUT2D eigenvalue weighted by Crippen LogP contribution is -2.44. The van der Waals surface area contributed by atoms with Gasteiger partial charge in [0.25, 0.3) is 0 Å². The highest BCUT2D eigenvalue weighted by molar-refractivity contribution is 7.89. The second-order valence-corrected chi connectivity index (χ2v) is 9.28. The first kappa shape index (κ1) is 21.2. The number of rotatable bonds is 6. The topological polar surface area (TPSA) is 78.8 Å². The van der Waals surface area contributed by atoms with Gasteiger partial charge in [0.1, 0.15) is 0 Å². The number of hydrazone groups is 1. The maximum absolute atomic E-state index is 12.9. The van der Waals surface area contributed by atoms with Crippen molar-refractivity contribution < 1.29 is 13.2 Å². The third-order valence-corrected chi connectivity index (χ3v) is 7.07. The summed E-state index contributed by atoms with van der Waals surface area (Å²) in [7, 11) is -3.60. The van der Waals surface area contributed by atoms with Crippen molar-refractivity contribution in [3.63, 3.8) is 0 Å². The molecular formula is C22H27N3O3S. The van der Waals surface area contributed by atoms with Crippen molar-refractivity contribution in [2.45, 2.75) is 38.0 Å². The van der Waals surface area contributed by atoms with Crippen molar-refractivity contribution in [2.75, 3.05) is 13.1 Å². The molecule has 29 heavy (non-hydrogen) atoms. The maximum atomic E-state index is 12.9. The van der Waals surface area contributed by atoms with Crippen LogP contribution in [-0.2, 0) is 21.2 Å². The Balaban J connectivity index is 1.61. The molecule has 1 saturated heterocycles. The summed E-state index contributed by atoms with van der Waals surface area (Å²) in [6, 6.07) is 14.7. The van der Waals surface area contributed by atoms with Crippen LogP contribution in [0, 0.1) is 12.8 Å². The second-order valence-electron chi connectivity index (χ2n) is 7.34. The number of amides is 1. The highest BCUT2D eigenvalue weighted by Crippen LogP contribution is 2.24. The second kappa shape index (κ2) is 9.33. The molecule has 1 atom stereocenters. The molecule has 6 nitrogen and oxygen atoms in total. The molecule has 1 aliphatic rings. The Labute approximate surface area is 172 Å². The molecular weight excluding hydrogens is 386 g/mol. The van der Waals surface area contributed by atoms with Crippen LogP contribution in [0.4, 0.5) is 0 Å². The van der Waals surface area contributed by atoms with Gasteiger partial charge in [-0.25, -0.2) is 13.8 Å². The van der Waals surface area contributed by atoms with Gasteiger partial charge in [0, 0.05) is 13.1 Å². The summed E-state index contributed by atoms with van der Waals surface area (Å²) in [6.45, 7) is 4.60. The molecule has 1 aliphatic heterocycles. The quantitative estimate of drug-likeness (QED) is 0.584. The summed E-state index contributed by atoms with van der Waals surface area (Å²) in [4.78, 5) is 12.8. The lowest BCUT2D eigenvalue weighted by atomic mass is 9.99. The molecule has 0 aromatic heterocycles. The summed E-state index contributed by atoms with van der Waals surface area (Å²) >= 11 is 0. The van der Waals surface area contributed by atoms with E-state index in [2.05, 4.69) is 17.5 Å². The van der Waals surface area contributed by atoms with Gasteiger partial charge in [0.15, 0.2) is 0 Å². The average molecular weight is 414 g/mol. The minimum Gasteiger partial charge on any atom is -0.273 e. The summed E-state index contributed by atoms with van der Waals surface area (Å²) in [5.41, 5.74) is 5.70. The van der Waals surface area contributed by atoms with Gasteiger partial charge in [-0.1, -0.05) is 48.9 Å². The normalized spacial score (nSPS) is 18.1. The molecule has 154 valence electrons. The Morgan fingerprint density at radius 3 is 2.52 bits per heavy atom. The number of sulfonamides is 1. The van der Waals surface area contributed by atoms with E-state index in [1.54, 1.807) is 30.5 Å². The fraction of sp³-hybridized carbons (Fsp3) is 0.364. The molecule has 2 aromatic carbocycles. The number of piperidine rings is 1. The number of carbonyl (C=O) groups excluding carboxylic acids is 1. The first-order chi connectivity index (χ1) is 13.9. The Morgan fingerprint density at radius 1 is 1.17 bits per heavy atom. The largest absolute Gasteiger partial charge is 0.273 e. The van der Waals surface area contributed by atoms with Crippen molar-refractivity contribution in [1.82, 2.24) is 9.73 Å². The van der Waals surface area contributed by atoms with E-state index in [0.29, 0.717) is 19.4 Å². The molecule has 0 spiro atoms. The van der Waals surface area contributed by atoms with E-state index in [0.717, 1.165) is 17.5 Å². The van der Waals surface area contributed by atoms with Gasteiger partial charge in [-0.2, -0.15) is 9.41 Å². The zero-order valence-corrected chi connectivity index (χ0v) is 17.7. The van der Waals surface area contributed by atoms with Gasteiger partial charge in [-0.3, -0.25) is 4.79 Å². The number of nitrogens with one attached hydrogen (secondary N) is 1. The smallest absolute Gasteiger partial charge is 0.244 e. The minimum absolute atomic E-state index is 0.169. The van der Waals surface area contributed by atoms with Crippen LogP contribution in [0.5, 0.6) is 0 Å². The molecule has 0 aliphatic carbocycles. The van der Waals surface area contributed by atoms with Crippen LogP contribution in [0.25, 0.3) is 0 Å². The monoisotopic (exact) mass is 413 g/mol. The zero-order valence-electron chi connectivity index (χ0n) is 16.8. The van der Waals surface area contributed by atoms with Crippen molar-refractivity contribution in [1.29, 1.82) is 0 Å². The van der Waals surface area contributed by atoms with Crippen LogP contribution in [0.2, 0.25) is 0 Å². The van der Waals surface area contributed by atoms with Crippen LogP contribution < -0.4 is 5.43 Å². The average Bonchev–Trinajstić information content (AvgIpc) is 2.74. The van der Waals surface area contributed by atoms with Crippen LogP contribution >= 0.6 is 0 Å². The number of hydrogen-bond donors (Lipinski definition) is 1. The molecule has 1 amide bonds. The first-order valence-electron chi connectivity index (χ1n) is 9.89. The van der Waals surface area contributed by atoms with Crippen molar-refractivity contribution in [3.8, 4) is 0 Å². The van der Waals surface area contributed by atoms with E-state index in [-0.39, 0.29) is 17.3 Å². The highest BCUT2D eigenvalue weighted by atomic mass is 32.2. The summed E-state index contributed by atoms with van der Waals surface area (Å²) in [6.07, 6.45) is 3.86. The Morgan fingerprint density at radius 2 is 1.86 bits per heavy atom. The van der Waals surface area contributed by atoms with E-state index in [9.17, 15) is 13.2 Å². The molecule has 1 fully saturated rings. The summed E-state index contributed by atoms with van der Waals surface area (Å²) in [5, 5.41) is 4.03. The maximum Gasteiger partial charge on any atom is 0.244 e. The van der Waals surface area contributed by atoms with E-state index >= 15 is 0 Å². The highest BCUT2D eigenvalue weighted by Gasteiger charge is 2.33. The number of hydrogen-bond acceptors (Lipinski definition) is 4. The molecule has 1 N–H and O–H groups in total. The molecule has 0 unspecified atom stereocenters. The number of nitrogens with zero attached hydrogens (tertiary/aromatic N) is 2. The van der Waals surface area contributed by atoms with Gasteiger partial charge >= 0.3 is 0 Å². The molecule has 0 saturated carbocycles. The zero-order chi connectivity index (χ0) is 20.9. The van der Waals surface area contributed by atoms with Gasteiger partial charge in [-0.15, -0.1) is 0 Å². The molecule has 0 radical (unpaired) electrons. The van der Waals surface area contributed by atoms with Gasteiger partial charge < -0.3 is 0 Å². The van der Waals surface area contributed by atoms with Gasteiger partial charge in [-0.05, 0) is 49.4 Å². The number of benzene rings is 2. The van der Waals surface area contributed by atoms with E-state index in [4.69, 9.17) is 0 Å². The van der Waals surface area contributed by atoms with E-state index < -0.39 is 15.9 Å². The summed E-state index contributed by atoms with van der Waals surface area (Å²) in [5.74, 6) is -0.668. The number of carbonyl (C=O) groups is 1. The van der Waals surface area contributed by atoms with Crippen LogP contribution in [-0.4, -0.2) is 37.9 Å². The van der Waals surface area contributed by atoms with E-state index in [1.165, 1.54) is 9.87 Å². The number of aryl methyl sites for hydroxylation is 2. The van der Waals surface area contributed by atoms with Gasteiger partial charge in [0.05, 0.1) is 17.0 Å². The minimum atomic E-state index is -3.60. The lowest BCUT2D eigenvalue weighted by Gasteiger charge is -2.30. The predicted octanol–water partition coefficient (Wildman–Crippen LogP) is 3.11. The Hall–Kier alpha value is -2.51. The van der Waals surface area contributed by atoms with Crippen LogP contribution in [0.1, 0.15) is 36.5 Å². The van der Waals surface area contributed by atoms with Crippen molar-refractivity contribution >= 4 is 22.1 Å². The van der Waals surface area contributed by atoms with Crippen LogP contribution in [0.15, 0.2) is 58.5 Å². The van der Waals surface area contributed by atoms with Crippen LogP contribution in [0.3, 0.4) is 0 Å². The first-order valence-corrected chi connectivity index (χ1v) is 11.3. The predicted molar refractivity (Wildman–Crippen MR) is 114 cm³/mol. The SMILES string of the molecule is CCc1ccc(/C=N\NC(=O)[C@H]2CCCN(S(=O)(=O)c3ccc(C)cc3)C2)cc1. The summed E-state index contributed by atoms with van der Waals surface area (Å²) < 4.78 is 27.2. The fourth-order valence-electron chi connectivity index (χ4n) is 3.34. The molecule has 1 heterocycles. The third-order valence-electron chi connectivity index (χ3n) is 5.19. The fourth-order valence-corrected chi connectivity index (χ4v) is 4.86. The van der Waals surface area contributed by atoms with Crippen molar-refractivity contribution in [2.24, 2.45) is 11.0 Å². The lowest BCUT2D eigenvalue weighted by molar-refractivity contribution is -0.126. The van der Waals surface area contributed by atoms with Crippen molar-refractivity contribution in [3.05, 3.63) is 65.2 Å². The molecule has 7 heteroatoms. The molecule has 0 bridgehead atoms. The Kier molecular flexibility index (Phi) is 6.82. The molecule has 3 rings (SSSR count).